The Hall–Kier alpha value is -2.60. The highest BCUT2D eigenvalue weighted by atomic mass is 127. The first-order valence-corrected chi connectivity index (χ1v) is 10.1. The van der Waals surface area contributed by atoms with Gasteiger partial charge in [-0.05, 0) is 58.7 Å². The van der Waals surface area contributed by atoms with Gasteiger partial charge in [-0.1, -0.05) is 65.1 Å². The van der Waals surface area contributed by atoms with E-state index in [2.05, 4.69) is 34.0 Å². The van der Waals surface area contributed by atoms with Crippen LogP contribution in [-0.4, -0.2) is 13.0 Å². The highest BCUT2D eigenvalue weighted by molar-refractivity contribution is 14.1. The maximum atomic E-state index is 12.2. The standard InChI is InChI=1S/C23H20INO2/c1-27-22-12-8-19(9-13-22)20-4-2-3-17(15-20)7-14-23(26)25-21-10-5-18(16-24)6-11-21/h2-15H,16H2,1H3,(H,25,26). The Morgan fingerprint density at radius 2 is 1.74 bits per heavy atom. The summed E-state index contributed by atoms with van der Waals surface area (Å²) >= 11 is 2.32. The van der Waals surface area contributed by atoms with E-state index >= 15 is 0 Å². The Labute approximate surface area is 173 Å². The molecule has 0 unspecified atom stereocenters. The third kappa shape index (κ3) is 5.44. The van der Waals surface area contributed by atoms with Crippen LogP contribution < -0.4 is 10.1 Å². The van der Waals surface area contributed by atoms with Crippen LogP contribution in [0.2, 0.25) is 0 Å². The number of amides is 1. The first kappa shape index (κ1) is 19.2. The third-order valence-electron chi connectivity index (χ3n) is 4.11. The van der Waals surface area contributed by atoms with Crippen LogP contribution in [-0.2, 0) is 9.22 Å². The maximum Gasteiger partial charge on any atom is 0.248 e. The molecule has 3 aromatic carbocycles. The van der Waals surface area contributed by atoms with Crippen LogP contribution in [0.3, 0.4) is 0 Å². The summed E-state index contributed by atoms with van der Waals surface area (Å²) < 4.78 is 6.15. The van der Waals surface area contributed by atoms with Gasteiger partial charge in [-0.25, -0.2) is 0 Å². The molecule has 0 aliphatic heterocycles. The van der Waals surface area contributed by atoms with E-state index in [1.54, 1.807) is 13.2 Å². The minimum atomic E-state index is -0.146. The molecule has 4 heteroatoms. The van der Waals surface area contributed by atoms with Gasteiger partial charge in [0.1, 0.15) is 5.75 Å². The predicted octanol–water partition coefficient (Wildman–Crippen LogP) is 5.95. The van der Waals surface area contributed by atoms with E-state index in [0.29, 0.717) is 0 Å². The Morgan fingerprint density at radius 3 is 2.41 bits per heavy atom. The molecule has 0 radical (unpaired) electrons. The molecule has 3 rings (SSSR count). The van der Waals surface area contributed by atoms with Crippen LogP contribution in [0.4, 0.5) is 5.69 Å². The predicted molar refractivity (Wildman–Crippen MR) is 120 cm³/mol. The number of ether oxygens (including phenoxy) is 1. The number of rotatable bonds is 6. The molecular weight excluding hydrogens is 449 g/mol. The first-order valence-electron chi connectivity index (χ1n) is 8.56. The summed E-state index contributed by atoms with van der Waals surface area (Å²) in [6, 6.07) is 23.9. The lowest BCUT2D eigenvalue weighted by Crippen LogP contribution is -2.07. The summed E-state index contributed by atoms with van der Waals surface area (Å²) in [4.78, 5) is 12.2. The van der Waals surface area contributed by atoms with Gasteiger partial charge in [0.05, 0.1) is 7.11 Å². The summed E-state index contributed by atoms with van der Waals surface area (Å²) in [5, 5.41) is 2.88. The van der Waals surface area contributed by atoms with Crippen molar-refractivity contribution < 1.29 is 9.53 Å². The number of benzene rings is 3. The van der Waals surface area contributed by atoms with Gasteiger partial charge in [0.2, 0.25) is 5.91 Å². The number of halogens is 1. The Morgan fingerprint density at radius 1 is 1.00 bits per heavy atom. The summed E-state index contributed by atoms with van der Waals surface area (Å²) in [6.07, 6.45) is 3.38. The van der Waals surface area contributed by atoms with Crippen molar-refractivity contribution in [3.05, 3.63) is 90.0 Å². The van der Waals surface area contributed by atoms with Crippen LogP contribution in [0.15, 0.2) is 78.9 Å². The number of methoxy groups -OCH3 is 1. The fourth-order valence-corrected chi connectivity index (χ4v) is 3.15. The molecule has 3 nitrogen and oxygen atoms in total. The topological polar surface area (TPSA) is 38.3 Å². The van der Waals surface area contributed by atoms with Gasteiger partial charge in [-0.3, -0.25) is 4.79 Å². The van der Waals surface area contributed by atoms with E-state index in [-0.39, 0.29) is 5.91 Å². The fraction of sp³-hybridized carbons (Fsp3) is 0.0870. The highest BCUT2D eigenvalue weighted by Crippen LogP contribution is 2.23. The minimum Gasteiger partial charge on any atom is -0.497 e. The van der Waals surface area contributed by atoms with E-state index in [1.165, 1.54) is 5.56 Å². The molecule has 0 spiro atoms. The molecular formula is C23H20INO2. The van der Waals surface area contributed by atoms with Gasteiger partial charge >= 0.3 is 0 Å². The van der Waals surface area contributed by atoms with E-state index in [1.807, 2.05) is 72.8 Å². The van der Waals surface area contributed by atoms with Crippen molar-refractivity contribution in [2.45, 2.75) is 4.43 Å². The molecule has 0 atom stereocenters. The van der Waals surface area contributed by atoms with Crippen molar-refractivity contribution in [1.82, 2.24) is 0 Å². The molecule has 0 heterocycles. The molecule has 1 N–H and O–H groups in total. The van der Waals surface area contributed by atoms with Crippen LogP contribution in [0.25, 0.3) is 17.2 Å². The summed E-state index contributed by atoms with van der Waals surface area (Å²) in [7, 11) is 1.66. The summed E-state index contributed by atoms with van der Waals surface area (Å²) in [5.74, 6) is 0.685. The lowest BCUT2D eigenvalue weighted by atomic mass is 10.0. The molecule has 3 aromatic rings. The quantitative estimate of drug-likeness (QED) is 0.275. The molecule has 136 valence electrons. The number of alkyl halides is 1. The van der Waals surface area contributed by atoms with Crippen molar-refractivity contribution in [3.8, 4) is 16.9 Å². The largest absolute Gasteiger partial charge is 0.497 e. The van der Waals surface area contributed by atoms with E-state index < -0.39 is 0 Å². The Kier molecular flexibility index (Phi) is 6.65. The smallest absolute Gasteiger partial charge is 0.248 e. The summed E-state index contributed by atoms with van der Waals surface area (Å²) in [5.41, 5.74) is 5.20. The van der Waals surface area contributed by atoms with Crippen LogP contribution >= 0.6 is 22.6 Å². The molecule has 0 aliphatic carbocycles. The number of hydrogen-bond donors (Lipinski definition) is 1. The number of hydrogen-bond acceptors (Lipinski definition) is 2. The van der Waals surface area contributed by atoms with Crippen molar-refractivity contribution in [2.75, 3.05) is 12.4 Å². The zero-order valence-electron chi connectivity index (χ0n) is 15.0. The molecule has 0 saturated heterocycles. The lowest BCUT2D eigenvalue weighted by molar-refractivity contribution is -0.111. The van der Waals surface area contributed by atoms with Crippen LogP contribution in [0, 0.1) is 0 Å². The fourth-order valence-electron chi connectivity index (χ4n) is 2.64. The normalized spacial score (nSPS) is 10.7. The average molecular weight is 469 g/mol. The van der Waals surface area contributed by atoms with Gasteiger partial charge in [-0.2, -0.15) is 0 Å². The molecule has 0 bridgehead atoms. The second-order valence-electron chi connectivity index (χ2n) is 6.01. The van der Waals surface area contributed by atoms with Crippen molar-refractivity contribution in [2.24, 2.45) is 0 Å². The second kappa shape index (κ2) is 9.37. The lowest BCUT2D eigenvalue weighted by Gasteiger charge is -2.05. The van der Waals surface area contributed by atoms with Gasteiger partial charge in [0, 0.05) is 16.2 Å². The van der Waals surface area contributed by atoms with Crippen molar-refractivity contribution in [1.29, 1.82) is 0 Å². The highest BCUT2D eigenvalue weighted by Gasteiger charge is 2.01. The van der Waals surface area contributed by atoms with Crippen LogP contribution in [0.5, 0.6) is 5.75 Å². The van der Waals surface area contributed by atoms with E-state index in [9.17, 15) is 4.79 Å². The van der Waals surface area contributed by atoms with Gasteiger partial charge in [0.15, 0.2) is 0 Å². The maximum absolute atomic E-state index is 12.2. The SMILES string of the molecule is COc1ccc(-c2cccc(C=CC(=O)Nc3ccc(CI)cc3)c2)cc1. The van der Waals surface area contributed by atoms with Crippen molar-refractivity contribution >= 4 is 40.3 Å². The number of nitrogens with one attached hydrogen (secondary N) is 1. The third-order valence-corrected chi connectivity index (χ3v) is 4.99. The molecule has 0 saturated carbocycles. The second-order valence-corrected chi connectivity index (χ2v) is 6.77. The zero-order chi connectivity index (χ0) is 19.1. The molecule has 1 amide bonds. The monoisotopic (exact) mass is 469 g/mol. The van der Waals surface area contributed by atoms with E-state index in [0.717, 1.165) is 32.6 Å². The number of carbonyl (C=O) groups is 1. The Balaban J connectivity index is 1.68. The van der Waals surface area contributed by atoms with Gasteiger partial charge < -0.3 is 10.1 Å². The van der Waals surface area contributed by atoms with Gasteiger partial charge in [-0.15, -0.1) is 0 Å². The van der Waals surface area contributed by atoms with Crippen molar-refractivity contribution in [3.63, 3.8) is 0 Å². The number of anilines is 1. The molecule has 0 aromatic heterocycles. The zero-order valence-corrected chi connectivity index (χ0v) is 17.1. The first-order chi connectivity index (χ1) is 13.2. The summed E-state index contributed by atoms with van der Waals surface area (Å²) in [6.45, 7) is 0. The molecule has 0 aliphatic rings. The number of carbonyl (C=O) groups excluding carboxylic acids is 1. The molecule has 0 fully saturated rings. The minimum absolute atomic E-state index is 0.146. The average Bonchev–Trinajstić information content (AvgIpc) is 2.73. The molecule has 27 heavy (non-hydrogen) atoms. The van der Waals surface area contributed by atoms with Crippen LogP contribution in [0.1, 0.15) is 11.1 Å². The van der Waals surface area contributed by atoms with Gasteiger partial charge in [0.25, 0.3) is 0 Å². The Bertz CT molecular complexity index is 931. The van der Waals surface area contributed by atoms with E-state index in [4.69, 9.17) is 4.74 Å².